The van der Waals surface area contributed by atoms with Crippen LogP contribution >= 0.6 is 0 Å². The van der Waals surface area contributed by atoms with Gasteiger partial charge in [-0.25, -0.2) is 0 Å². The SMILES string of the molecule is COc1cccc(NC(=O)CN(C)C(=O)C[NH+](C)Cc2ccco2)c1. The van der Waals surface area contributed by atoms with Crippen LogP contribution in [-0.2, 0) is 16.1 Å². The highest BCUT2D eigenvalue weighted by Crippen LogP contribution is 2.16. The second-order valence-corrected chi connectivity index (χ2v) is 5.92. The largest absolute Gasteiger partial charge is 0.497 e. The summed E-state index contributed by atoms with van der Waals surface area (Å²) in [5.41, 5.74) is 0.630. The lowest BCUT2D eigenvalue weighted by atomic mass is 10.3. The van der Waals surface area contributed by atoms with E-state index >= 15 is 0 Å². The molecule has 0 bridgehead atoms. The predicted octanol–water partition coefficient (Wildman–Crippen LogP) is 0.400. The fourth-order valence-electron chi connectivity index (χ4n) is 2.37. The van der Waals surface area contributed by atoms with Crippen molar-refractivity contribution in [3.8, 4) is 5.75 Å². The quantitative estimate of drug-likeness (QED) is 0.725. The number of quaternary nitrogens is 1. The van der Waals surface area contributed by atoms with E-state index < -0.39 is 0 Å². The van der Waals surface area contributed by atoms with Crippen LogP contribution in [0.4, 0.5) is 5.69 Å². The van der Waals surface area contributed by atoms with Gasteiger partial charge in [-0.1, -0.05) is 6.07 Å². The number of ether oxygens (including phenoxy) is 1. The Balaban J connectivity index is 1.80. The van der Waals surface area contributed by atoms with Crippen LogP contribution in [0.3, 0.4) is 0 Å². The zero-order chi connectivity index (χ0) is 18.2. The number of furan rings is 1. The lowest BCUT2D eigenvalue weighted by Gasteiger charge is -2.19. The minimum atomic E-state index is -0.257. The Bertz CT molecular complexity index is 700. The van der Waals surface area contributed by atoms with E-state index in [2.05, 4.69) is 5.32 Å². The first kappa shape index (κ1) is 18.5. The van der Waals surface area contributed by atoms with Crippen LogP contribution in [0, 0.1) is 0 Å². The molecule has 2 aromatic rings. The third-order valence-electron chi connectivity index (χ3n) is 3.67. The molecule has 0 saturated heterocycles. The Morgan fingerprint density at radius 1 is 1.28 bits per heavy atom. The second-order valence-electron chi connectivity index (χ2n) is 5.92. The molecular formula is C18H24N3O4+. The van der Waals surface area contributed by atoms with Crippen molar-refractivity contribution in [1.82, 2.24) is 4.90 Å². The van der Waals surface area contributed by atoms with E-state index in [0.717, 1.165) is 10.7 Å². The first-order chi connectivity index (χ1) is 12.0. The molecule has 7 heteroatoms. The topological polar surface area (TPSA) is 76.2 Å². The van der Waals surface area contributed by atoms with Crippen LogP contribution in [-0.4, -0.2) is 51.0 Å². The molecule has 1 aromatic carbocycles. The maximum Gasteiger partial charge on any atom is 0.277 e. The monoisotopic (exact) mass is 346 g/mol. The van der Waals surface area contributed by atoms with Crippen LogP contribution in [0.15, 0.2) is 47.1 Å². The van der Waals surface area contributed by atoms with Crippen molar-refractivity contribution in [2.45, 2.75) is 6.54 Å². The highest BCUT2D eigenvalue weighted by molar-refractivity contribution is 5.94. The van der Waals surface area contributed by atoms with Crippen LogP contribution in [0.2, 0.25) is 0 Å². The zero-order valence-electron chi connectivity index (χ0n) is 14.7. The molecule has 7 nitrogen and oxygen atoms in total. The van der Waals surface area contributed by atoms with Crippen molar-refractivity contribution in [3.63, 3.8) is 0 Å². The molecule has 134 valence electrons. The van der Waals surface area contributed by atoms with E-state index in [1.165, 1.54) is 4.90 Å². The summed E-state index contributed by atoms with van der Waals surface area (Å²) < 4.78 is 10.4. The summed E-state index contributed by atoms with van der Waals surface area (Å²) >= 11 is 0. The number of nitrogens with zero attached hydrogens (tertiary/aromatic N) is 1. The van der Waals surface area contributed by atoms with Crippen molar-refractivity contribution in [3.05, 3.63) is 48.4 Å². The molecule has 0 aliphatic carbocycles. The molecule has 0 fully saturated rings. The van der Waals surface area contributed by atoms with Gasteiger partial charge in [-0.3, -0.25) is 9.59 Å². The van der Waals surface area contributed by atoms with Gasteiger partial charge in [0.25, 0.3) is 5.91 Å². The smallest absolute Gasteiger partial charge is 0.277 e. The van der Waals surface area contributed by atoms with E-state index in [4.69, 9.17) is 9.15 Å². The minimum Gasteiger partial charge on any atom is -0.497 e. The van der Waals surface area contributed by atoms with Gasteiger partial charge in [0.1, 0.15) is 12.3 Å². The fraction of sp³-hybridized carbons (Fsp3) is 0.333. The van der Waals surface area contributed by atoms with Gasteiger partial charge in [-0.15, -0.1) is 0 Å². The van der Waals surface area contributed by atoms with Crippen molar-refractivity contribution in [1.29, 1.82) is 0 Å². The van der Waals surface area contributed by atoms with Crippen LogP contribution in [0.5, 0.6) is 5.75 Å². The normalized spacial score (nSPS) is 11.6. The lowest BCUT2D eigenvalue weighted by Crippen LogP contribution is -3.08. The van der Waals surface area contributed by atoms with Crippen LogP contribution in [0.1, 0.15) is 5.76 Å². The van der Waals surface area contributed by atoms with Crippen molar-refractivity contribution >= 4 is 17.5 Å². The van der Waals surface area contributed by atoms with E-state index in [9.17, 15) is 9.59 Å². The standard InChI is InChI=1S/C18H23N3O4/c1-20(11-16-8-5-9-25-16)13-18(23)21(2)12-17(22)19-14-6-4-7-15(10-14)24-3/h4-10H,11-13H2,1-3H3,(H,19,22)/p+1. The summed E-state index contributed by atoms with van der Waals surface area (Å²) in [5.74, 6) is 1.12. The molecule has 0 saturated carbocycles. The minimum absolute atomic E-state index is 0.00985. The number of amides is 2. The summed E-state index contributed by atoms with van der Waals surface area (Å²) in [6.45, 7) is 0.885. The highest BCUT2D eigenvalue weighted by atomic mass is 16.5. The first-order valence-electron chi connectivity index (χ1n) is 7.99. The molecule has 2 N–H and O–H groups in total. The van der Waals surface area contributed by atoms with E-state index in [-0.39, 0.29) is 24.9 Å². The Kier molecular flexibility index (Phi) is 6.59. The van der Waals surface area contributed by atoms with Gasteiger partial charge in [0, 0.05) is 18.8 Å². The molecule has 1 atom stereocenters. The maximum absolute atomic E-state index is 12.2. The van der Waals surface area contributed by atoms with Crippen LogP contribution < -0.4 is 15.0 Å². The number of nitrogens with one attached hydrogen (secondary N) is 2. The number of likely N-dealkylation sites (N-methyl/N-ethyl adjacent to an activating group) is 2. The molecule has 1 heterocycles. The highest BCUT2D eigenvalue weighted by Gasteiger charge is 2.18. The van der Waals surface area contributed by atoms with Gasteiger partial charge in [0.2, 0.25) is 5.91 Å². The molecule has 2 amide bonds. The van der Waals surface area contributed by atoms with E-state index in [1.807, 2.05) is 19.2 Å². The predicted molar refractivity (Wildman–Crippen MR) is 93.4 cm³/mol. The van der Waals surface area contributed by atoms with E-state index in [0.29, 0.717) is 18.0 Å². The fourth-order valence-corrected chi connectivity index (χ4v) is 2.37. The molecule has 0 radical (unpaired) electrons. The molecular weight excluding hydrogens is 322 g/mol. The van der Waals surface area contributed by atoms with Gasteiger partial charge < -0.3 is 24.3 Å². The Labute approximate surface area is 147 Å². The number of carbonyl (C=O) groups is 2. The lowest BCUT2D eigenvalue weighted by molar-refractivity contribution is -0.886. The third-order valence-corrected chi connectivity index (χ3v) is 3.67. The van der Waals surface area contributed by atoms with Crippen molar-refractivity contribution in [2.75, 3.05) is 39.6 Å². The Morgan fingerprint density at radius 3 is 2.76 bits per heavy atom. The number of carbonyl (C=O) groups excluding carboxylic acids is 2. The average Bonchev–Trinajstić information content (AvgIpc) is 3.07. The molecule has 0 aliphatic rings. The summed E-state index contributed by atoms with van der Waals surface area (Å²) in [4.78, 5) is 26.8. The van der Waals surface area contributed by atoms with Crippen molar-refractivity contribution in [2.24, 2.45) is 0 Å². The third kappa shape index (κ3) is 5.96. The second kappa shape index (κ2) is 8.89. The summed E-state index contributed by atoms with van der Waals surface area (Å²) in [5, 5.41) is 2.76. The molecule has 1 unspecified atom stereocenters. The number of hydrogen-bond donors (Lipinski definition) is 2. The average molecular weight is 346 g/mol. The van der Waals surface area contributed by atoms with Gasteiger partial charge in [-0.2, -0.15) is 0 Å². The maximum atomic E-state index is 12.2. The van der Waals surface area contributed by atoms with Gasteiger partial charge in [0.05, 0.1) is 27.0 Å². The summed E-state index contributed by atoms with van der Waals surface area (Å²) in [7, 11) is 5.09. The molecule has 25 heavy (non-hydrogen) atoms. The van der Waals surface area contributed by atoms with E-state index in [1.54, 1.807) is 44.7 Å². The van der Waals surface area contributed by atoms with Crippen LogP contribution in [0.25, 0.3) is 0 Å². The number of methoxy groups -OCH3 is 1. The summed E-state index contributed by atoms with van der Waals surface area (Å²) in [6.07, 6.45) is 1.61. The zero-order valence-corrected chi connectivity index (χ0v) is 14.7. The molecule has 1 aromatic heterocycles. The van der Waals surface area contributed by atoms with Gasteiger partial charge in [0.15, 0.2) is 12.3 Å². The number of benzene rings is 1. The number of anilines is 1. The molecule has 0 spiro atoms. The number of rotatable bonds is 8. The first-order valence-corrected chi connectivity index (χ1v) is 7.99. The Hall–Kier alpha value is -2.80. The number of hydrogen-bond acceptors (Lipinski definition) is 4. The van der Waals surface area contributed by atoms with Gasteiger partial charge in [-0.05, 0) is 24.3 Å². The molecule has 0 aliphatic heterocycles. The summed E-state index contributed by atoms with van der Waals surface area (Å²) in [6, 6.07) is 10.8. The Morgan fingerprint density at radius 2 is 2.08 bits per heavy atom. The van der Waals surface area contributed by atoms with Crippen molar-refractivity contribution < 1.29 is 23.6 Å². The molecule has 2 rings (SSSR count). The van der Waals surface area contributed by atoms with Gasteiger partial charge >= 0.3 is 0 Å².